The van der Waals surface area contributed by atoms with Crippen molar-refractivity contribution in [1.82, 2.24) is 5.32 Å². The summed E-state index contributed by atoms with van der Waals surface area (Å²) in [5.74, 6) is 1.29. The molecule has 0 aliphatic carbocycles. The summed E-state index contributed by atoms with van der Waals surface area (Å²) < 4.78 is 0.355. The summed E-state index contributed by atoms with van der Waals surface area (Å²) in [7, 11) is 2.06. The number of rotatable bonds is 4. The van der Waals surface area contributed by atoms with E-state index in [0.29, 0.717) is 10.8 Å². The van der Waals surface area contributed by atoms with Crippen molar-refractivity contribution < 1.29 is 0 Å². The van der Waals surface area contributed by atoms with Crippen LogP contribution in [0.5, 0.6) is 0 Å². The van der Waals surface area contributed by atoms with Crippen molar-refractivity contribution in [2.24, 2.45) is 0 Å². The van der Waals surface area contributed by atoms with Gasteiger partial charge in [-0.25, -0.2) is 0 Å². The summed E-state index contributed by atoms with van der Waals surface area (Å²) in [5.41, 5.74) is 1.25. The normalized spacial score (nSPS) is 26.1. The molecule has 1 aliphatic heterocycles. The number of hydrogen-bond acceptors (Lipinski definition) is 2. The van der Waals surface area contributed by atoms with Crippen molar-refractivity contribution in [2.75, 3.05) is 12.8 Å². The van der Waals surface area contributed by atoms with Crippen molar-refractivity contribution >= 4 is 23.4 Å². The Balaban J connectivity index is 2.12. The zero-order valence-electron chi connectivity index (χ0n) is 10.5. The number of likely N-dealkylation sites (N-methyl/N-ethyl adjacent to an activating group) is 1. The molecule has 1 heterocycles. The average molecular weight is 270 g/mol. The molecule has 0 radical (unpaired) electrons. The number of thioether (sulfide) groups is 1. The smallest absolute Gasteiger partial charge is 0.0438 e. The van der Waals surface area contributed by atoms with Gasteiger partial charge in [0.05, 0.1) is 0 Å². The third-order valence-electron chi connectivity index (χ3n) is 3.72. The van der Waals surface area contributed by atoms with E-state index in [9.17, 15) is 0 Å². The van der Waals surface area contributed by atoms with Crippen LogP contribution in [0, 0.1) is 0 Å². The molecule has 2 atom stereocenters. The summed E-state index contributed by atoms with van der Waals surface area (Å²) in [4.78, 5) is 0. The number of hydrogen-bond donors (Lipinski definition) is 1. The van der Waals surface area contributed by atoms with E-state index >= 15 is 0 Å². The first-order chi connectivity index (χ1) is 8.15. The van der Waals surface area contributed by atoms with Gasteiger partial charge in [0.25, 0.3) is 0 Å². The molecule has 0 aromatic heterocycles. The molecule has 1 N–H and O–H groups in total. The van der Waals surface area contributed by atoms with E-state index in [-0.39, 0.29) is 0 Å². The highest BCUT2D eigenvalue weighted by atomic mass is 35.5. The highest BCUT2D eigenvalue weighted by Crippen LogP contribution is 2.41. The summed E-state index contributed by atoms with van der Waals surface area (Å²) in [5, 5.41) is 4.37. The molecule has 0 spiro atoms. The monoisotopic (exact) mass is 269 g/mol. The molecular formula is C14H20ClNS. The van der Waals surface area contributed by atoms with Crippen LogP contribution >= 0.6 is 23.4 Å². The van der Waals surface area contributed by atoms with E-state index < -0.39 is 0 Å². The average Bonchev–Trinajstić information content (AvgIpc) is 2.76. The lowest BCUT2D eigenvalue weighted by Gasteiger charge is -2.33. The molecule has 1 fully saturated rings. The fourth-order valence-corrected chi connectivity index (χ4v) is 4.24. The Labute approximate surface area is 113 Å². The Kier molecular flexibility index (Phi) is 4.40. The first-order valence-corrected chi connectivity index (χ1v) is 7.57. The van der Waals surface area contributed by atoms with E-state index in [2.05, 4.69) is 43.2 Å². The first kappa shape index (κ1) is 13.3. The molecule has 1 aliphatic rings. The first-order valence-electron chi connectivity index (χ1n) is 6.20. The van der Waals surface area contributed by atoms with Gasteiger partial charge in [0.1, 0.15) is 0 Å². The van der Waals surface area contributed by atoms with Gasteiger partial charge in [-0.15, -0.1) is 0 Å². The molecule has 1 aromatic rings. The van der Waals surface area contributed by atoms with Crippen molar-refractivity contribution in [2.45, 2.75) is 37.0 Å². The number of nitrogens with one attached hydrogen (secondary N) is 1. The molecule has 0 amide bonds. The van der Waals surface area contributed by atoms with Crippen molar-refractivity contribution in [1.29, 1.82) is 0 Å². The number of halogens is 1. The Hall–Kier alpha value is -0.180. The van der Waals surface area contributed by atoms with Crippen LogP contribution in [0.25, 0.3) is 0 Å². The SMILES string of the molecule is CNC(Cc1ccccc1Cl)C1(C)CCCS1. The third kappa shape index (κ3) is 2.98. The van der Waals surface area contributed by atoms with Crippen LogP contribution < -0.4 is 5.32 Å². The largest absolute Gasteiger partial charge is 0.315 e. The Bertz CT molecular complexity index is 374. The predicted octanol–water partition coefficient (Wildman–Crippen LogP) is 3.76. The summed E-state index contributed by atoms with van der Waals surface area (Å²) >= 11 is 8.34. The van der Waals surface area contributed by atoms with Gasteiger partial charge in [0.2, 0.25) is 0 Å². The van der Waals surface area contributed by atoms with Crippen LogP contribution in [0.15, 0.2) is 24.3 Å². The van der Waals surface area contributed by atoms with Gasteiger partial charge in [-0.1, -0.05) is 29.8 Å². The molecule has 3 heteroatoms. The fourth-order valence-electron chi connectivity index (χ4n) is 2.58. The molecule has 94 valence electrons. The Morgan fingerprint density at radius 2 is 2.24 bits per heavy atom. The highest BCUT2D eigenvalue weighted by molar-refractivity contribution is 8.00. The van der Waals surface area contributed by atoms with Gasteiger partial charge in [-0.3, -0.25) is 0 Å². The third-order valence-corrected chi connectivity index (χ3v) is 5.73. The second kappa shape index (κ2) is 5.64. The molecule has 17 heavy (non-hydrogen) atoms. The van der Waals surface area contributed by atoms with E-state index in [0.717, 1.165) is 11.4 Å². The molecule has 1 saturated heterocycles. The summed E-state index contributed by atoms with van der Waals surface area (Å²) in [6, 6.07) is 8.67. The second-order valence-electron chi connectivity index (χ2n) is 4.90. The fraction of sp³-hybridized carbons (Fsp3) is 0.571. The lowest BCUT2D eigenvalue weighted by Crippen LogP contribution is -2.45. The van der Waals surface area contributed by atoms with Crippen LogP contribution in [0.2, 0.25) is 5.02 Å². The second-order valence-corrected chi connectivity index (χ2v) is 6.94. The van der Waals surface area contributed by atoms with Crippen molar-refractivity contribution in [3.05, 3.63) is 34.9 Å². The minimum atomic E-state index is 0.355. The van der Waals surface area contributed by atoms with Crippen molar-refractivity contribution in [3.63, 3.8) is 0 Å². The lowest BCUT2D eigenvalue weighted by atomic mass is 9.91. The molecule has 0 bridgehead atoms. The predicted molar refractivity (Wildman–Crippen MR) is 78.1 cm³/mol. The summed E-state index contributed by atoms with van der Waals surface area (Å²) in [6.07, 6.45) is 3.65. The minimum Gasteiger partial charge on any atom is -0.315 e. The number of benzene rings is 1. The van der Waals surface area contributed by atoms with Gasteiger partial charge in [0, 0.05) is 15.8 Å². The zero-order valence-corrected chi connectivity index (χ0v) is 12.1. The summed E-state index contributed by atoms with van der Waals surface area (Å²) in [6.45, 7) is 2.38. The lowest BCUT2D eigenvalue weighted by molar-refractivity contribution is 0.424. The van der Waals surface area contributed by atoms with Gasteiger partial charge < -0.3 is 5.32 Å². The van der Waals surface area contributed by atoms with E-state index in [4.69, 9.17) is 11.6 Å². The maximum Gasteiger partial charge on any atom is 0.0438 e. The van der Waals surface area contributed by atoms with E-state index in [1.165, 1.54) is 24.2 Å². The van der Waals surface area contributed by atoms with Crippen LogP contribution in [-0.2, 0) is 6.42 Å². The van der Waals surface area contributed by atoms with Crippen LogP contribution in [0.4, 0.5) is 0 Å². The van der Waals surface area contributed by atoms with E-state index in [1.807, 2.05) is 12.1 Å². The maximum atomic E-state index is 6.24. The maximum absolute atomic E-state index is 6.24. The topological polar surface area (TPSA) is 12.0 Å². The Morgan fingerprint density at radius 3 is 2.82 bits per heavy atom. The quantitative estimate of drug-likeness (QED) is 0.893. The Morgan fingerprint density at radius 1 is 1.47 bits per heavy atom. The molecular weight excluding hydrogens is 250 g/mol. The van der Waals surface area contributed by atoms with Crippen LogP contribution in [-0.4, -0.2) is 23.6 Å². The minimum absolute atomic E-state index is 0.355. The van der Waals surface area contributed by atoms with Crippen LogP contribution in [0.3, 0.4) is 0 Å². The molecule has 2 rings (SSSR count). The molecule has 1 aromatic carbocycles. The van der Waals surface area contributed by atoms with Gasteiger partial charge >= 0.3 is 0 Å². The zero-order chi connectivity index (χ0) is 12.3. The van der Waals surface area contributed by atoms with Gasteiger partial charge in [0.15, 0.2) is 0 Å². The molecule has 1 nitrogen and oxygen atoms in total. The van der Waals surface area contributed by atoms with Gasteiger partial charge in [-0.05, 0) is 50.6 Å². The van der Waals surface area contributed by atoms with Crippen molar-refractivity contribution in [3.8, 4) is 0 Å². The standard InChI is InChI=1S/C14H20ClNS/c1-14(8-5-9-17-14)13(16-2)10-11-6-3-4-7-12(11)15/h3-4,6-7,13,16H,5,8-10H2,1-2H3. The molecule has 0 saturated carbocycles. The van der Waals surface area contributed by atoms with E-state index in [1.54, 1.807) is 0 Å². The molecule has 2 unspecified atom stereocenters. The van der Waals surface area contributed by atoms with Crippen LogP contribution in [0.1, 0.15) is 25.3 Å². The van der Waals surface area contributed by atoms with Gasteiger partial charge in [-0.2, -0.15) is 11.8 Å². The highest BCUT2D eigenvalue weighted by Gasteiger charge is 2.37.